The molecule has 2 rings (SSSR count). The molecular weight excluding hydrogens is 350 g/mol. The second-order valence-electron chi connectivity index (χ2n) is 6.47. The monoisotopic (exact) mass is 373 g/mol. The summed E-state index contributed by atoms with van der Waals surface area (Å²) in [5, 5.41) is 3.49. The number of hydrogen-bond acceptors (Lipinski definition) is 3. The minimum atomic E-state index is -0.597. The number of rotatable bonds is 6. The van der Waals surface area contributed by atoms with E-state index in [2.05, 4.69) is 5.32 Å². The molecule has 0 aliphatic carbocycles. The number of carbonyl (C=O) groups excluding carboxylic acids is 2. The molecule has 138 valence electrons. The molecule has 2 amide bonds. The maximum Gasteiger partial charge on any atom is 0.246 e. The van der Waals surface area contributed by atoms with Gasteiger partial charge < -0.3 is 10.2 Å². The molecule has 26 heavy (non-hydrogen) atoms. The zero-order valence-electron chi connectivity index (χ0n) is 15.5. The van der Waals surface area contributed by atoms with Crippen molar-refractivity contribution in [2.24, 2.45) is 0 Å². The Balaban J connectivity index is 2.26. The Morgan fingerprint density at radius 1 is 1.08 bits per heavy atom. The van der Waals surface area contributed by atoms with Gasteiger partial charge in [0, 0.05) is 24.8 Å². The fourth-order valence-corrected chi connectivity index (χ4v) is 2.75. The largest absolute Gasteiger partial charge is 0.348 e. The van der Waals surface area contributed by atoms with Gasteiger partial charge in [-0.25, -0.2) is 0 Å². The topological polar surface area (TPSA) is 52.7 Å². The van der Waals surface area contributed by atoms with Gasteiger partial charge in [0.1, 0.15) is 6.04 Å². The highest BCUT2D eigenvalue weighted by atomic mass is 35.5. The van der Waals surface area contributed by atoms with Crippen LogP contribution in [0.5, 0.6) is 0 Å². The maximum atomic E-state index is 13.0. The first kappa shape index (κ1) is 19.9. The summed E-state index contributed by atoms with van der Waals surface area (Å²) < 4.78 is 0. The van der Waals surface area contributed by atoms with Gasteiger partial charge in [0.25, 0.3) is 0 Å². The first-order valence-corrected chi connectivity index (χ1v) is 8.69. The van der Waals surface area contributed by atoms with Gasteiger partial charge in [-0.2, -0.15) is 0 Å². The summed E-state index contributed by atoms with van der Waals surface area (Å²) in [7, 11) is 5.16. The Morgan fingerprint density at radius 3 is 2.31 bits per heavy atom. The second-order valence-corrected chi connectivity index (χ2v) is 6.88. The third-order valence-corrected chi connectivity index (χ3v) is 4.53. The Morgan fingerprint density at radius 2 is 1.73 bits per heavy atom. The molecule has 0 radical (unpaired) electrons. The Labute approximate surface area is 159 Å². The zero-order chi connectivity index (χ0) is 19.3. The van der Waals surface area contributed by atoms with E-state index in [1.54, 1.807) is 32.1 Å². The summed E-state index contributed by atoms with van der Waals surface area (Å²) >= 11 is 6.15. The lowest BCUT2D eigenvalue weighted by Crippen LogP contribution is -2.41. The minimum absolute atomic E-state index is 0.0698. The average molecular weight is 374 g/mol. The van der Waals surface area contributed by atoms with E-state index in [1.807, 2.05) is 49.4 Å². The van der Waals surface area contributed by atoms with Crippen molar-refractivity contribution in [3.8, 4) is 0 Å². The fraction of sp³-hybridized carbons (Fsp3) is 0.300. The number of nitrogens with zero attached hydrogens (tertiary/aromatic N) is 2. The fourth-order valence-electron chi connectivity index (χ4n) is 2.57. The van der Waals surface area contributed by atoms with Crippen molar-refractivity contribution in [3.05, 3.63) is 64.7 Å². The summed E-state index contributed by atoms with van der Waals surface area (Å²) in [5.74, 6) is -0.287. The molecule has 1 N–H and O–H groups in total. The number of likely N-dealkylation sites (N-methyl/N-ethyl adjacent to an activating group) is 2. The van der Waals surface area contributed by atoms with Crippen molar-refractivity contribution in [2.45, 2.75) is 13.0 Å². The molecule has 0 aliphatic rings. The van der Waals surface area contributed by atoms with E-state index in [1.165, 1.54) is 4.90 Å². The van der Waals surface area contributed by atoms with Crippen molar-refractivity contribution in [3.63, 3.8) is 0 Å². The lowest BCUT2D eigenvalue weighted by Gasteiger charge is -2.28. The summed E-state index contributed by atoms with van der Waals surface area (Å²) in [5.41, 5.74) is 2.38. The van der Waals surface area contributed by atoms with Gasteiger partial charge in [-0.05, 0) is 37.2 Å². The van der Waals surface area contributed by atoms with Gasteiger partial charge in [0.05, 0.1) is 6.54 Å². The SMILES string of the molecule is Cc1ccc(NC(=O)[C@@H](c2ccccc2)N(C)CC(=O)N(C)C)cc1Cl. The number of halogens is 1. The number of anilines is 1. The molecule has 0 spiro atoms. The van der Waals surface area contributed by atoms with Gasteiger partial charge in [-0.1, -0.05) is 48.0 Å². The smallest absolute Gasteiger partial charge is 0.246 e. The third-order valence-electron chi connectivity index (χ3n) is 4.13. The zero-order valence-corrected chi connectivity index (χ0v) is 16.2. The van der Waals surface area contributed by atoms with Crippen LogP contribution in [-0.2, 0) is 9.59 Å². The van der Waals surface area contributed by atoms with Crippen LogP contribution in [0.4, 0.5) is 5.69 Å². The van der Waals surface area contributed by atoms with Gasteiger partial charge in [-0.15, -0.1) is 0 Å². The molecule has 5 nitrogen and oxygen atoms in total. The first-order chi connectivity index (χ1) is 12.3. The van der Waals surface area contributed by atoms with E-state index in [4.69, 9.17) is 11.6 Å². The molecule has 0 heterocycles. The number of carbonyl (C=O) groups is 2. The van der Waals surface area contributed by atoms with Crippen LogP contribution in [-0.4, -0.2) is 49.3 Å². The van der Waals surface area contributed by atoms with Crippen molar-refractivity contribution in [1.29, 1.82) is 0 Å². The van der Waals surface area contributed by atoms with Gasteiger partial charge >= 0.3 is 0 Å². The van der Waals surface area contributed by atoms with Crippen molar-refractivity contribution in [1.82, 2.24) is 9.80 Å². The average Bonchev–Trinajstić information content (AvgIpc) is 2.59. The van der Waals surface area contributed by atoms with E-state index >= 15 is 0 Å². The summed E-state index contributed by atoms with van der Waals surface area (Å²) in [6.45, 7) is 2.04. The van der Waals surface area contributed by atoms with Crippen molar-refractivity contribution in [2.75, 3.05) is 33.0 Å². The molecule has 2 aromatic rings. The van der Waals surface area contributed by atoms with Crippen LogP contribution in [0.25, 0.3) is 0 Å². The van der Waals surface area contributed by atoms with Crippen LogP contribution in [0.15, 0.2) is 48.5 Å². The number of benzene rings is 2. The molecule has 0 unspecified atom stereocenters. The lowest BCUT2D eigenvalue weighted by molar-refractivity contribution is -0.131. The summed E-state index contributed by atoms with van der Waals surface area (Å²) in [4.78, 5) is 28.3. The molecule has 0 bridgehead atoms. The highest BCUT2D eigenvalue weighted by molar-refractivity contribution is 6.31. The second kappa shape index (κ2) is 8.83. The molecule has 0 fully saturated rings. The van der Waals surface area contributed by atoms with E-state index in [0.717, 1.165) is 11.1 Å². The van der Waals surface area contributed by atoms with E-state index in [0.29, 0.717) is 10.7 Å². The molecule has 6 heteroatoms. The van der Waals surface area contributed by atoms with E-state index in [9.17, 15) is 9.59 Å². The van der Waals surface area contributed by atoms with Crippen LogP contribution in [0.2, 0.25) is 5.02 Å². The Kier molecular flexibility index (Phi) is 6.77. The van der Waals surface area contributed by atoms with E-state index in [-0.39, 0.29) is 18.4 Å². The molecule has 2 aromatic carbocycles. The predicted molar refractivity (Wildman–Crippen MR) is 105 cm³/mol. The molecule has 1 atom stereocenters. The van der Waals surface area contributed by atoms with Crippen LogP contribution >= 0.6 is 11.6 Å². The Hall–Kier alpha value is -2.37. The normalized spacial score (nSPS) is 11.9. The number of aryl methyl sites for hydroxylation is 1. The van der Waals surface area contributed by atoms with Crippen LogP contribution in [0.3, 0.4) is 0 Å². The molecule has 0 aliphatic heterocycles. The predicted octanol–water partition coefficient (Wildman–Crippen LogP) is 3.35. The number of hydrogen-bond donors (Lipinski definition) is 1. The van der Waals surface area contributed by atoms with Crippen LogP contribution in [0.1, 0.15) is 17.2 Å². The van der Waals surface area contributed by atoms with Gasteiger partial charge in [-0.3, -0.25) is 14.5 Å². The number of nitrogens with one attached hydrogen (secondary N) is 1. The van der Waals surface area contributed by atoms with Crippen LogP contribution < -0.4 is 5.32 Å². The molecule has 0 saturated carbocycles. The molecular formula is C20H24ClN3O2. The Bertz CT molecular complexity index is 778. The molecule has 0 aromatic heterocycles. The lowest BCUT2D eigenvalue weighted by atomic mass is 10.0. The van der Waals surface area contributed by atoms with Gasteiger partial charge in [0.2, 0.25) is 11.8 Å². The summed E-state index contributed by atoms with van der Waals surface area (Å²) in [6.07, 6.45) is 0. The molecule has 0 saturated heterocycles. The van der Waals surface area contributed by atoms with Gasteiger partial charge in [0.15, 0.2) is 0 Å². The quantitative estimate of drug-likeness (QED) is 0.844. The standard InChI is InChI=1S/C20H24ClN3O2/c1-14-10-11-16(12-17(14)21)22-20(26)19(15-8-6-5-7-9-15)24(4)13-18(25)23(2)3/h5-12,19H,13H2,1-4H3,(H,22,26)/t19-/m1/s1. The van der Waals surface area contributed by atoms with Crippen LogP contribution in [0, 0.1) is 6.92 Å². The highest BCUT2D eigenvalue weighted by Gasteiger charge is 2.27. The van der Waals surface area contributed by atoms with Crippen molar-refractivity contribution >= 4 is 29.1 Å². The third kappa shape index (κ3) is 5.07. The minimum Gasteiger partial charge on any atom is -0.348 e. The number of amides is 2. The van der Waals surface area contributed by atoms with E-state index < -0.39 is 6.04 Å². The maximum absolute atomic E-state index is 13.0. The summed E-state index contributed by atoms with van der Waals surface area (Å²) in [6, 6.07) is 14.2. The van der Waals surface area contributed by atoms with Crippen molar-refractivity contribution < 1.29 is 9.59 Å². The first-order valence-electron chi connectivity index (χ1n) is 8.32. The highest BCUT2D eigenvalue weighted by Crippen LogP contribution is 2.24.